The summed E-state index contributed by atoms with van der Waals surface area (Å²) in [7, 11) is 0. The smallest absolute Gasteiger partial charge is 0.166 e. The Morgan fingerprint density at radius 2 is 1.35 bits per heavy atom. The van der Waals surface area contributed by atoms with Gasteiger partial charge in [-0.15, -0.1) is 0 Å². The van der Waals surface area contributed by atoms with Crippen LogP contribution >= 0.6 is 0 Å². The van der Waals surface area contributed by atoms with E-state index >= 15 is 0 Å². The average molecular weight is 451 g/mol. The van der Waals surface area contributed by atoms with Crippen molar-refractivity contribution in [3.8, 4) is 23.7 Å². The van der Waals surface area contributed by atoms with E-state index in [1.165, 1.54) is 23.8 Å². The molecule has 0 radical (unpaired) electrons. The second-order valence-electron chi connectivity index (χ2n) is 7.80. The molecule has 0 bridgehead atoms. The van der Waals surface area contributed by atoms with Crippen molar-refractivity contribution in [3.63, 3.8) is 0 Å². The second-order valence-corrected chi connectivity index (χ2v) is 7.80. The van der Waals surface area contributed by atoms with Gasteiger partial charge in [-0.2, -0.15) is 0 Å². The fourth-order valence-electron chi connectivity index (χ4n) is 3.49. The van der Waals surface area contributed by atoms with Gasteiger partial charge in [0, 0.05) is 22.1 Å². The molecule has 0 amide bonds. The Bertz CT molecular complexity index is 1490. The highest BCUT2D eigenvalue weighted by Crippen LogP contribution is 2.21. The Kier molecular flexibility index (Phi) is 7.16. The van der Waals surface area contributed by atoms with Crippen LogP contribution in [0.1, 0.15) is 41.2 Å². The summed E-state index contributed by atoms with van der Waals surface area (Å²) in [6, 6.07) is 20.0. The summed E-state index contributed by atoms with van der Waals surface area (Å²) in [5, 5.41) is 0.713. The third-order valence-electron chi connectivity index (χ3n) is 5.36. The van der Waals surface area contributed by atoms with Crippen molar-refractivity contribution in [2.75, 3.05) is 0 Å². The fourth-order valence-corrected chi connectivity index (χ4v) is 3.49. The molecule has 0 heterocycles. The molecule has 0 aliphatic rings. The quantitative estimate of drug-likeness (QED) is 0.223. The van der Waals surface area contributed by atoms with Crippen LogP contribution in [-0.2, 0) is 6.42 Å². The largest absolute Gasteiger partial charge is 0.206 e. The van der Waals surface area contributed by atoms with Gasteiger partial charge in [0.2, 0.25) is 0 Å². The first kappa shape index (κ1) is 23.0. The lowest BCUT2D eigenvalue weighted by Crippen LogP contribution is -1.88. The first-order chi connectivity index (χ1) is 16.5. The van der Waals surface area contributed by atoms with E-state index in [2.05, 4.69) is 41.9 Å². The Balaban J connectivity index is 1.48. The maximum atomic E-state index is 14.6. The molecule has 0 aliphatic carbocycles. The molecule has 4 aromatic carbocycles. The van der Waals surface area contributed by atoms with E-state index in [4.69, 9.17) is 0 Å². The molecule has 0 saturated carbocycles. The SMILES string of the molecule is C/C=C/CCc1ccc(C#Cc2ccc(C#Cc3ccc4c(F)c(F)ccc4c3)c(F)c2)cc1. The standard InChI is InChI=1S/C31H21F3/c1-2-3-4-5-22-6-8-23(9-7-22)10-11-25-13-16-26(30(33)21-25)15-12-24-14-18-28-27(20-24)17-19-29(32)31(28)34/h2-3,6-9,13-14,16-21H,4-5H2,1H3/b3-2+. The van der Waals surface area contributed by atoms with Crippen LogP contribution < -0.4 is 0 Å². The Morgan fingerprint density at radius 1 is 0.676 bits per heavy atom. The second kappa shape index (κ2) is 10.6. The molecule has 0 saturated heterocycles. The van der Waals surface area contributed by atoms with E-state index in [-0.39, 0.29) is 10.9 Å². The van der Waals surface area contributed by atoms with Gasteiger partial charge in [0.1, 0.15) is 5.82 Å². The van der Waals surface area contributed by atoms with Crippen LogP contribution in [0.5, 0.6) is 0 Å². The molecule has 4 rings (SSSR count). The van der Waals surface area contributed by atoms with Crippen LogP contribution in [0.3, 0.4) is 0 Å². The van der Waals surface area contributed by atoms with Crippen molar-refractivity contribution >= 4 is 10.8 Å². The minimum Gasteiger partial charge on any atom is -0.206 e. The lowest BCUT2D eigenvalue weighted by atomic mass is 10.1. The summed E-state index contributed by atoms with van der Waals surface area (Å²) in [5.41, 5.74) is 3.49. The molecule has 0 N–H and O–H groups in total. The van der Waals surface area contributed by atoms with Gasteiger partial charge >= 0.3 is 0 Å². The number of benzene rings is 4. The first-order valence-electron chi connectivity index (χ1n) is 10.9. The number of rotatable bonds is 3. The van der Waals surface area contributed by atoms with Crippen LogP contribution in [0.25, 0.3) is 10.8 Å². The van der Waals surface area contributed by atoms with Gasteiger partial charge in [0.05, 0.1) is 5.56 Å². The molecule has 0 atom stereocenters. The topological polar surface area (TPSA) is 0 Å². The van der Waals surface area contributed by atoms with Crippen LogP contribution in [0.2, 0.25) is 0 Å². The molecular formula is C31H21F3. The Morgan fingerprint density at radius 3 is 2.12 bits per heavy atom. The molecule has 0 aliphatic heterocycles. The monoisotopic (exact) mass is 450 g/mol. The maximum absolute atomic E-state index is 14.6. The van der Waals surface area contributed by atoms with E-state index in [1.807, 2.05) is 25.1 Å². The number of halogens is 3. The highest BCUT2D eigenvalue weighted by atomic mass is 19.2. The summed E-state index contributed by atoms with van der Waals surface area (Å²) in [6.45, 7) is 2.01. The highest BCUT2D eigenvalue weighted by molar-refractivity contribution is 5.84. The minimum absolute atomic E-state index is 0.183. The Hall–Kier alpha value is -4.21. The van der Waals surface area contributed by atoms with Gasteiger partial charge in [0.15, 0.2) is 11.6 Å². The lowest BCUT2D eigenvalue weighted by molar-refractivity contribution is 0.517. The highest BCUT2D eigenvalue weighted by Gasteiger charge is 2.07. The van der Waals surface area contributed by atoms with Gasteiger partial charge < -0.3 is 0 Å². The summed E-state index contributed by atoms with van der Waals surface area (Å²) < 4.78 is 41.8. The van der Waals surface area contributed by atoms with Gasteiger partial charge in [-0.3, -0.25) is 0 Å². The summed E-state index contributed by atoms with van der Waals surface area (Å²) >= 11 is 0. The molecular weight excluding hydrogens is 429 g/mol. The van der Waals surface area contributed by atoms with Crippen molar-refractivity contribution < 1.29 is 13.2 Å². The van der Waals surface area contributed by atoms with Crippen LogP contribution in [0.4, 0.5) is 13.2 Å². The Labute approximate surface area is 197 Å². The summed E-state index contributed by atoms with van der Waals surface area (Å²) in [6.07, 6.45) is 6.18. The van der Waals surface area contributed by atoms with Gasteiger partial charge in [-0.25, -0.2) is 13.2 Å². The number of hydrogen-bond donors (Lipinski definition) is 0. The molecule has 4 aromatic rings. The number of allylic oxidation sites excluding steroid dienone is 2. The van der Waals surface area contributed by atoms with Crippen molar-refractivity contribution in [1.82, 2.24) is 0 Å². The first-order valence-corrected chi connectivity index (χ1v) is 10.9. The molecule has 0 nitrogen and oxygen atoms in total. The van der Waals surface area contributed by atoms with Gasteiger partial charge in [0.25, 0.3) is 0 Å². The molecule has 0 unspecified atom stereocenters. The van der Waals surface area contributed by atoms with Gasteiger partial charge in [-0.05, 0) is 79.2 Å². The summed E-state index contributed by atoms with van der Waals surface area (Å²) in [4.78, 5) is 0. The molecule has 166 valence electrons. The fraction of sp³-hybridized carbons (Fsp3) is 0.0968. The van der Waals surface area contributed by atoms with E-state index in [1.54, 1.807) is 24.3 Å². The van der Waals surface area contributed by atoms with Gasteiger partial charge in [-0.1, -0.05) is 60.1 Å². The van der Waals surface area contributed by atoms with E-state index in [0.717, 1.165) is 24.5 Å². The molecule has 34 heavy (non-hydrogen) atoms. The number of aryl methyl sites for hydroxylation is 1. The van der Waals surface area contributed by atoms with Crippen molar-refractivity contribution in [2.45, 2.75) is 19.8 Å². The van der Waals surface area contributed by atoms with Crippen LogP contribution in [0, 0.1) is 41.1 Å². The zero-order valence-electron chi connectivity index (χ0n) is 18.6. The van der Waals surface area contributed by atoms with Crippen LogP contribution in [-0.4, -0.2) is 0 Å². The molecule has 0 aromatic heterocycles. The van der Waals surface area contributed by atoms with E-state index in [0.29, 0.717) is 16.5 Å². The predicted molar refractivity (Wildman–Crippen MR) is 132 cm³/mol. The van der Waals surface area contributed by atoms with Crippen molar-refractivity contribution in [2.24, 2.45) is 0 Å². The van der Waals surface area contributed by atoms with Crippen LogP contribution in [0.15, 0.2) is 84.9 Å². The molecule has 3 heteroatoms. The van der Waals surface area contributed by atoms with Crippen molar-refractivity contribution in [1.29, 1.82) is 0 Å². The lowest BCUT2D eigenvalue weighted by Gasteiger charge is -2.01. The zero-order valence-corrected chi connectivity index (χ0v) is 18.6. The predicted octanol–water partition coefficient (Wildman–Crippen LogP) is 7.57. The molecule has 0 spiro atoms. The average Bonchev–Trinajstić information content (AvgIpc) is 2.85. The molecule has 0 fully saturated rings. The summed E-state index contributed by atoms with van der Waals surface area (Å²) in [5.74, 6) is 9.49. The number of fused-ring (bicyclic) bond motifs is 1. The minimum atomic E-state index is -0.895. The normalized spacial score (nSPS) is 10.6. The van der Waals surface area contributed by atoms with E-state index in [9.17, 15) is 13.2 Å². The zero-order chi connectivity index (χ0) is 23.9. The van der Waals surface area contributed by atoms with E-state index < -0.39 is 17.5 Å². The number of hydrogen-bond acceptors (Lipinski definition) is 0. The maximum Gasteiger partial charge on any atom is 0.166 e. The van der Waals surface area contributed by atoms with Crippen molar-refractivity contribution in [3.05, 3.63) is 130 Å². The third-order valence-corrected chi connectivity index (χ3v) is 5.36. The third kappa shape index (κ3) is 5.58.